The average molecular weight is 246 g/mol. The lowest BCUT2D eigenvalue weighted by Crippen LogP contribution is -2.37. The predicted molar refractivity (Wildman–Crippen MR) is 68.5 cm³/mol. The Bertz CT molecular complexity index is 465. The van der Waals surface area contributed by atoms with Crippen LogP contribution in [0.1, 0.15) is 27.0 Å². The van der Waals surface area contributed by atoms with Gasteiger partial charge in [-0.15, -0.1) is 0 Å². The Balaban J connectivity index is 3.10. The molecule has 0 saturated heterocycles. The van der Waals surface area contributed by atoms with Crippen LogP contribution in [0.25, 0.3) is 0 Å². The summed E-state index contributed by atoms with van der Waals surface area (Å²) in [5, 5.41) is 11.2. The van der Waals surface area contributed by atoms with Gasteiger partial charge in [0.1, 0.15) is 0 Å². The van der Waals surface area contributed by atoms with Gasteiger partial charge in [0, 0.05) is 5.56 Å². The Hall–Kier alpha value is -1.82. The SMILES string of the molecule is [B]N[C@@H](Cc1c(C)cc(C(N)=O)cc1C)C(=O)O. The first kappa shape index (κ1) is 14.2. The number of carboxylic acid groups (broad SMARTS) is 1. The molecule has 18 heavy (non-hydrogen) atoms. The van der Waals surface area contributed by atoms with Gasteiger partial charge in [0.2, 0.25) is 5.91 Å². The first-order valence-corrected chi connectivity index (χ1v) is 5.45. The molecule has 94 valence electrons. The van der Waals surface area contributed by atoms with Crippen molar-refractivity contribution >= 4 is 19.9 Å². The van der Waals surface area contributed by atoms with Gasteiger partial charge < -0.3 is 16.1 Å². The quantitative estimate of drug-likeness (QED) is 0.641. The molecule has 0 aliphatic rings. The van der Waals surface area contributed by atoms with Crippen LogP contribution in [0.4, 0.5) is 0 Å². The molecule has 0 bridgehead atoms. The number of carbonyl (C=O) groups excluding carboxylic acids is 1. The van der Waals surface area contributed by atoms with Gasteiger partial charge >= 0.3 is 5.97 Å². The van der Waals surface area contributed by atoms with Gasteiger partial charge in [0.25, 0.3) is 0 Å². The predicted octanol–water partition coefficient (Wildman–Crippen LogP) is 0.0711. The van der Waals surface area contributed by atoms with Crippen LogP contribution in [0.2, 0.25) is 0 Å². The Kier molecular flexibility index (Phi) is 4.50. The molecule has 1 aromatic carbocycles. The van der Waals surface area contributed by atoms with E-state index < -0.39 is 17.9 Å². The maximum Gasteiger partial charge on any atom is 0.319 e. The van der Waals surface area contributed by atoms with Crippen LogP contribution in [0.3, 0.4) is 0 Å². The number of nitrogens with one attached hydrogen (secondary N) is 1. The van der Waals surface area contributed by atoms with Gasteiger partial charge in [-0.3, -0.25) is 9.59 Å². The molecule has 1 rings (SSSR count). The van der Waals surface area contributed by atoms with E-state index in [0.717, 1.165) is 16.7 Å². The summed E-state index contributed by atoms with van der Waals surface area (Å²) >= 11 is 0. The van der Waals surface area contributed by atoms with Gasteiger partial charge in [-0.1, -0.05) is 0 Å². The minimum absolute atomic E-state index is 0.253. The number of nitrogens with two attached hydrogens (primary N) is 1. The number of hydrogen-bond donors (Lipinski definition) is 3. The summed E-state index contributed by atoms with van der Waals surface area (Å²) in [5.74, 6) is -1.52. The summed E-state index contributed by atoms with van der Waals surface area (Å²) in [4.78, 5) is 22.0. The molecule has 1 amide bonds. The number of amides is 1. The van der Waals surface area contributed by atoms with Crippen molar-refractivity contribution in [3.8, 4) is 0 Å². The second-order valence-electron chi connectivity index (χ2n) is 4.21. The molecule has 0 heterocycles. The van der Waals surface area contributed by atoms with Crippen LogP contribution in [0.5, 0.6) is 0 Å². The summed E-state index contributed by atoms with van der Waals surface area (Å²) in [7, 11) is 5.19. The van der Waals surface area contributed by atoms with Crippen molar-refractivity contribution in [2.45, 2.75) is 26.3 Å². The van der Waals surface area contributed by atoms with Crippen LogP contribution >= 0.6 is 0 Å². The monoisotopic (exact) mass is 246 g/mol. The largest absolute Gasteiger partial charge is 0.480 e. The van der Waals surface area contributed by atoms with Gasteiger partial charge in [0.05, 0.1) is 6.04 Å². The minimum Gasteiger partial charge on any atom is -0.480 e. The maximum atomic E-state index is 11.1. The van der Waals surface area contributed by atoms with E-state index in [1.165, 1.54) is 0 Å². The Labute approximate surface area is 107 Å². The van der Waals surface area contributed by atoms with E-state index in [4.69, 9.17) is 18.8 Å². The number of hydrogen-bond acceptors (Lipinski definition) is 3. The molecule has 6 heteroatoms. The van der Waals surface area contributed by atoms with Crippen LogP contribution in [-0.2, 0) is 11.2 Å². The smallest absolute Gasteiger partial charge is 0.319 e. The van der Waals surface area contributed by atoms with E-state index in [1.54, 1.807) is 12.1 Å². The normalized spacial score (nSPS) is 12.1. The molecular weight excluding hydrogens is 231 g/mol. The molecule has 5 nitrogen and oxygen atoms in total. The van der Waals surface area contributed by atoms with Gasteiger partial charge in [0.15, 0.2) is 7.98 Å². The summed E-state index contributed by atoms with van der Waals surface area (Å²) in [5.41, 5.74) is 8.13. The van der Waals surface area contributed by atoms with Crippen LogP contribution in [0, 0.1) is 13.8 Å². The third-order valence-corrected chi connectivity index (χ3v) is 2.89. The fourth-order valence-corrected chi connectivity index (χ4v) is 1.88. The van der Waals surface area contributed by atoms with E-state index >= 15 is 0 Å². The highest BCUT2D eigenvalue weighted by atomic mass is 16.4. The molecule has 0 aliphatic carbocycles. The molecule has 0 unspecified atom stereocenters. The van der Waals surface area contributed by atoms with E-state index in [0.29, 0.717) is 5.56 Å². The van der Waals surface area contributed by atoms with Crippen LogP contribution in [0.15, 0.2) is 12.1 Å². The standard InChI is InChI=1S/C12H15BN2O3/c1-6-3-8(11(14)16)4-7(2)9(6)5-10(15-13)12(17)18/h3-4,10,15H,5H2,1-2H3,(H2,14,16)(H,17,18)/t10-/m0/s1. The molecule has 4 N–H and O–H groups in total. The van der Waals surface area contributed by atoms with Gasteiger partial charge in [-0.05, 0) is 49.1 Å². The first-order chi connectivity index (χ1) is 8.36. The average Bonchev–Trinajstić information content (AvgIpc) is 2.27. The number of benzene rings is 1. The van der Waals surface area contributed by atoms with Crippen molar-refractivity contribution in [3.05, 3.63) is 34.4 Å². The third-order valence-electron chi connectivity index (χ3n) is 2.89. The Morgan fingerprint density at radius 2 is 1.89 bits per heavy atom. The molecule has 0 fully saturated rings. The van der Waals surface area contributed by atoms with Gasteiger partial charge in [-0.2, -0.15) is 0 Å². The van der Waals surface area contributed by atoms with Gasteiger partial charge in [-0.25, -0.2) is 0 Å². The topological polar surface area (TPSA) is 92.4 Å². The molecular formula is C12H15BN2O3. The van der Waals surface area contributed by atoms with Crippen LogP contribution < -0.4 is 11.0 Å². The Morgan fingerprint density at radius 1 is 1.39 bits per heavy atom. The molecule has 1 aromatic rings. The highest BCUT2D eigenvalue weighted by molar-refractivity contribution is 6.06. The van der Waals surface area contributed by atoms with Crippen molar-refractivity contribution in [1.29, 1.82) is 0 Å². The second-order valence-corrected chi connectivity index (χ2v) is 4.21. The van der Waals surface area contributed by atoms with E-state index in [2.05, 4.69) is 5.23 Å². The number of aliphatic carboxylic acids is 1. The summed E-state index contributed by atoms with van der Waals surface area (Å²) in [6.07, 6.45) is 0.253. The van der Waals surface area contributed by atoms with Crippen molar-refractivity contribution in [3.63, 3.8) is 0 Å². The second kappa shape index (κ2) is 5.68. The summed E-state index contributed by atoms with van der Waals surface area (Å²) < 4.78 is 0. The number of rotatable bonds is 5. The number of primary amides is 1. The highest BCUT2D eigenvalue weighted by Gasteiger charge is 2.18. The molecule has 0 aromatic heterocycles. The lowest BCUT2D eigenvalue weighted by atomic mass is 9.93. The third kappa shape index (κ3) is 3.10. The minimum atomic E-state index is -1.02. The lowest BCUT2D eigenvalue weighted by Gasteiger charge is -2.16. The zero-order valence-corrected chi connectivity index (χ0v) is 10.4. The fraction of sp³-hybridized carbons (Fsp3) is 0.333. The summed E-state index contributed by atoms with van der Waals surface area (Å²) in [6.45, 7) is 3.62. The zero-order chi connectivity index (χ0) is 13.9. The first-order valence-electron chi connectivity index (χ1n) is 5.45. The summed E-state index contributed by atoms with van der Waals surface area (Å²) in [6, 6.07) is 2.45. The molecule has 1 atom stereocenters. The zero-order valence-electron chi connectivity index (χ0n) is 10.4. The number of carboxylic acids is 1. The van der Waals surface area contributed by atoms with Crippen LogP contribution in [-0.4, -0.2) is 31.0 Å². The lowest BCUT2D eigenvalue weighted by molar-refractivity contribution is -0.138. The van der Waals surface area contributed by atoms with Crippen molar-refractivity contribution in [2.24, 2.45) is 5.73 Å². The Morgan fingerprint density at radius 3 is 2.22 bits per heavy atom. The molecule has 0 saturated carbocycles. The van der Waals surface area contributed by atoms with Crippen molar-refractivity contribution in [2.75, 3.05) is 0 Å². The molecule has 2 radical (unpaired) electrons. The van der Waals surface area contributed by atoms with Crippen molar-refractivity contribution < 1.29 is 14.7 Å². The maximum absolute atomic E-state index is 11.1. The molecule has 0 spiro atoms. The molecule has 0 aliphatic heterocycles. The highest BCUT2D eigenvalue weighted by Crippen LogP contribution is 2.18. The fourth-order valence-electron chi connectivity index (χ4n) is 1.88. The number of carbonyl (C=O) groups is 2. The van der Waals surface area contributed by atoms with E-state index in [-0.39, 0.29) is 6.42 Å². The van der Waals surface area contributed by atoms with E-state index in [9.17, 15) is 9.59 Å². The van der Waals surface area contributed by atoms with E-state index in [1.807, 2.05) is 13.8 Å². The van der Waals surface area contributed by atoms with Crippen molar-refractivity contribution in [1.82, 2.24) is 5.23 Å². The number of aryl methyl sites for hydroxylation is 2.